The van der Waals surface area contributed by atoms with Gasteiger partial charge in [-0.25, -0.2) is 0 Å². The number of hydrogen-bond acceptors (Lipinski definition) is 7. The monoisotopic (exact) mass is 405 g/mol. The number of nitrogens with two attached hydrogens (primary N) is 1. The minimum Gasteiger partial charge on any atom is -0.493 e. The Kier molecular flexibility index (Phi) is 4.72. The van der Waals surface area contributed by atoms with Gasteiger partial charge < -0.3 is 29.7 Å². The maximum absolute atomic E-state index is 13.1. The van der Waals surface area contributed by atoms with Gasteiger partial charge in [0.2, 0.25) is 11.6 Å². The Morgan fingerprint density at radius 1 is 1.10 bits per heavy atom. The van der Waals surface area contributed by atoms with Crippen molar-refractivity contribution in [1.29, 1.82) is 5.26 Å². The summed E-state index contributed by atoms with van der Waals surface area (Å²) in [6.07, 6.45) is 0. The third kappa shape index (κ3) is 2.79. The molecule has 0 saturated heterocycles. The lowest BCUT2D eigenvalue weighted by molar-refractivity contribution is 0.323. The molecule has 1 atom stereocenters. The Morgan fingerprint density at radius 2 is 1.77 bits per heavy atom. The number of methoxy groups -OCH3 is 3. The fourth-order valence-electron chi connectivity index (χ4n) is 3.77. The molecule has 0 fully saturated rings. The fourth-order valence-corrected chi connectivity index (χ4v) is 3.77. The standard InChI is InChI=1S/C22H19N3O5/c1-27-15-8-11(9-16(28-2)20(15)29-3)17-13(10-23)21(24)30-19-12-6-4-5-7-14(12)25-22(26)18(17)19/h4-9,17H,24H2,1-3H3,(H,25,26)/t17-/m0/s1. The number of nitrogens with one attached hydrogen (secondary N) is 1. The molecule has 152 valence electrons. The van der Waals surface area contributed by atoms with E-state index in [1.807, 2.05) is 18.2 Å². The lowest BCUT2D eigenvalue weighted by atomic mass is 9.83. The van der Waals surface area contributed by atoms with Crippen LogP contribution in [0.1, 0.15) is 17.0 Å². The van der Waals surface area contributed by atoms with Crippen molar-refractivity contribution < 1.29 is 18.9 Å². The number of fused-ring (bicyclic) bond motifs is 3. The predicted octanol–water partition coefficient (Wildman–Crippen LogP) is 2.77. The molecule has 2 aromatic carbocycles. The van der Waals surface area contributed by atoms with Crippen molar-refractivity contribution in [2.75, 3.05) is 21.3 Å². The summed E-state index contributed by atoms with van der Waals surface area (Å²) in [4.78, 5) is 15.9. The summed E-state index contributed by atoms with van der Waals surface area (Å²) in [5, 5.41) is 10.5. The maximum Gasteiger partial charge on any atom is 0.256 e. The zero-order valence-corrected chi connectivity index (χ0v) is 16.6. The Hall–Kier alpha value is -4.12. The molecule has 2 heterocycles. The molecule has 3 N–H and O–H groups in total. The van der Waals surface area contributed by atoms with Crippen molar-refractivity contribution in [3.05, 3.63) is 69.3 Å². The van der Waals surface area contributed by atoms with Crippen LogP contribution in [0.2, 0.25) is 0 Å². The molecule has 8 heteroatoms. The van der Waals surface area contributed by atoms with Crippen LogP contribution in [0, 0.1) is 11.3 Å². The molecule has 0 amide bonds. The summed E-state index contributed by atoms with van der Waals surface area (Å²) in [6, 6.07) is 12.7. The fraction of sp³-hybridized carbons (Fsp3) is 0.182. The average molecular weight is 405 g/mol. The smallest absolute Gasteiger partial charge is 0.256 e. The highest BCUT2D eigenvalue weighted by atomic mass is 16.5. The first-order valence-electron chi connectivity index (χ1n) is 9.06. The molecule has 30 heavy (non-hydrogen) atoms. The lowest BCUT2D eigenvalue weighted by Crippen LogP contribution is -2.28. The Bertz CT molecular complexity index is 1260. The van der Waals surface area contributed by atoms with Gasteiger partial charge in [0.15, 0.2) is 11.5 Å². The lowest BCUT2D eigenvalue weighted by Gasteiger charge is -2.27. The van der Waals surface area contributed by atoms with Gasteiger partial charge in [0.25, 0.3) is 5.56 Å². The van der Waals surface area contributed by atoms with E-state index in [-0.39, 0.29) is 22.6 Å². The van der Waals surface area contributed by atoms with Gasteiger partial charge in [0.05, 0.1) is 38.3 Å². The molecule has 0 radical (unpaired) electrons. The second-order valence-corrected chi connectivity index (χ2v) is 6.63. The number of benzene rings is 2. The quantitative estimate of drug-likeness (QED) is 0.685. The number of rotatable bonds is 4. The predicted molar refractivity (Wildman–Crippen MR) is 110 cm³/mol. The molecule has 1 aliphatic heterocycles. The van der Waals surface area contributed by atoms with E-state index in [4.69, 9.17) is 24.7 Å². The van der Waals surface area contributed by atoms with E-state index >= 15 is 0 Å². The van der Waals surface area contributed by atoms with Crippen molar-refractivity contribution in [2.45, 2.75) is 5.92 Å². The largest absolute Gasteiger partial charge is 0.493 e. The number of aromatic nitrogens is 1. The Labute approximate surface area is 172 Å². The maximum atomic E-state index is 13.1. The molecular weight excluding hydrogens is 386 g/mol. The molecule has 0 unspecified atom stereocenters. The number of nitrogens with zero attached hydrogens (tertiary/aromatic N) is 1. The highest BCUT2D eigenvalue weighted by Crippen LogP contribution is 2.47. The van der Waals surface area contributed by atoms with Crippen molar-refractivity contribution in [2.24, 2.45) is 5.73 Å². The van der Waals surface area contributed by atoms with Crippen molar-refractivity contribution in [1.82, 2.24) is 4.98 Å². The summed E-state index contributed by atoms with van der Waals surface area (Å²) >= 11 is 0. The minimum atomic E-state index is -0.777. The van der Waals surface area contributed by atoms with Crippen LogP contribution in [0.3, 0.4) is 0 Å². The van der Waals surface area contributed by atoms with Crippen LogP contribution in [0.15, 0.2) is 52.6 Å². The first-order chi connectivity index (χ1) is 14.5. The topological polar surface area (TPSA) is 120 Å². The van der Waals surface area contributed by atoms with Gasteiger partial charge in [-0.1, -0.05) is 12.1 Å². The number of nitriles is 1. The Balaban J connectivity index is 2.07. The molecule has 0 bridgehead atoms. The van der Waals surface area contributed by atoms with Gasteiger partial charge in [-0.15, -0.1) is 0 Å². The van der Waals surface area contributed by atoms with Crippen molar-refractivity contribution in [3.8, 4) is 29.1 Å². The van der Waals surface area contributed by atoms with E-state index in [9.17, 15) is 10.1 Å². The Morgan fingerprint density at radius 3 is 2.37 bits per heavy atom. The zero-order chi connectivity index (χ0) is 21.4. The van der Waals surface area contributed by atoms with E-state index in [0.717, 1.165) is 0 Å². The molecule has 3 aromatic rings. The van der Waals surface area contributed by atoms with E-state index in [1.54, 1.807) is 18.2 Å². The van der Waals surface area contributed by atoms with Gasteiger partial charge in [-0.2, -0.15) is 5.26 Å². The summed E-state index contributed by atoms with van der Waals surface area (Å²) in [7, 11) is 4.49. The molecule has 0 saturated carbocycles. The van der Waals surface area contributed by atoms with Gasteiger partial charge >= 0.3 is 0 Å². The number of pyridine rings is 1. The minimum absolute atomic E-state index is 0.0560. The second kappa shape index (κ2) is 7.37. The van der Waals surface area contributed by atoms with Gasteiger partial charge in [-0.3, -0.25) is 4.79 Å². The molecule has 4 rings (SSSR count). The summed E-state index contributed by atoms with van der Waals surface area (Å²) in [6.45, 7) is 0. The summed E-state index contributed by atoms with van der Waals surface area (Å²) in [5.74, 6) is 0.685. The summed E-state index contributed by atoms with van der Waals surface area (Å²) in [5.41, 5.74) is 7.33. The number of allylic oxidation sites excluding steroid dienone is 1. The van der Waals surface area contributed by atoms with Gasteiger partial charge in [0.1, 0.15) is 17.4 Å². The number of hydrogen-bond donors (Lipinski definition) is 2. The molecule has 1 aliphatic rings. The van der Waals surface area contributed by atoms with E-state index < -0.39 is 5.92 Å². The van der Waals surface area contributed by atoms with E-state index in [1.165, 1.54) is 21.3 Å². The van der Waals surface area contributed by atoms with Crippen LogP contribution >= 0.6 is 0 Å². The summed E-state index contributed by atoms with van der Waals surface area (Å²) < 4.78 is 22.0. The highest BCUT2D eigenvalue weighted by molar-refractivity contribution is 5.87. The molecule has 8 nitrogen and oxygen atoms in total. The number of para-hydroxylation sites is 1. The molecule has 1 aromatic heterocycles. The molecule has 0 aliphatic carbocycles. The highest BCUT2D eigenvalue weighted by Gasteiger charge is 2.35. The van der Waals surface area contributed by atoms with Crippen molar-refractivity contribution >= 4 is 10.9 Å². The van der Waals surface area contributed by atoms with Crippen LogP contribution in [-0.4, -0.2) is 26.3 Å². The number of H-pyrrole nitrogens is 1. The van der Waals surface area contributed by atoms with Crippen LogP contribution in [0.25, 0.3) is 10.9 Å². The third-order valence-electron chi connectivity index (χ3n) is 5.10. The SMILES string of the molecule is COc1cc([C@H]2C(C#N)=C(N)Oc3c2c(=O)[nH]c2ccccc32)cc(OC)c1OC. The van der Waals surface area contributed by atoms with E-state index in [2.05, 4.69) is 11.1 Å². The molecule has 0 spiro atoms. The molecular formula is C22H19N3O5. The number of aromatic amines is 1. The average Bonchev–Trinajstić information content (AvgIpc) is 2.77. The van der Waals surface area contributed by atoms with Crippen molar-refractivity contribution in [3.63, 3.8) is 0 Å². The van der Waals surface area contributed by atoms with Gasteiger partial charge in [0, 0.05) is 5.39 Å². The second-order valence-electron chi connectivity index (χ2n) is 6.63. The number of ether oxygens (including phenoxy) is 4. The van der Waals surface area contributed by atoms with Crippen LogP contribution in [-0.2, 0) is 0 Å². The first-order valence-corrected chi connectivity index (χ1v) is 9.06. The van der Waals surface area contributed by atoms with Gasteiger partial charge in [-0.05, 0) is 29.8 Å². The zero-order valence-electron chi connectivity index (χ0n) is 16.6. The van der Waals surface area contributed by atoms with Crippen LogP contribution < -0.4 is 30.2 Å². The van der Waals surface area contributed by atoms with E-state index in [0.29, 0.717) is 39.5 Å². The van der Waals surface area contributed by atoms with Crippen LogP contribution in [0.4, 0.5) is 0 Å². The first kappa shape index (κ1) is 19.2. The van der Waals surface area contributed by atoms with Crippen LogP contribution in [0.5, 0.6) is 23.0 Å². The normalized spacial score (nSPS) is 15.2. The third-order valence-corrected chi connectivity index (χ3v) is 5.10.